The number of ether oxygens (including phenoxy) is 1. The van der Waals surface area contributed by atoms with Crippen LogP contribution < -0.4 is 10.1 Å². The molecule has 2 aromatic carbocycles. The molecule has 27 heavy (non-hydrogen) atoms. The van der Waals surface area contributed by atoms with Crippen LogP contribution in [0.5, 0.6) is 5.75 Å². The highest BCUT2D eigenvalue weighted by Crippen LogP contribution is 2.26. The molecule has 2 aromatic rings. The number of nitrogens with zero attached hydrogens (tertiary/aromatic N) is 1. The highest BCUT2D eigenvalue weighted by Gasteiger charge is 2.29. The van der Waals surface area contributed by atoms with Crippen LogP contribution >= 0.6 is 0 Å². The summed E-state index contributed by atoms with van der Waals surface area (Å²) >= 11 is 0. The van der Waals surface area contributed by atoms with E-state index in [0.29, 0.717) is 12.2 Å². The molecule has 0 aromatic heterocycles. The van der Waals surface area contributed by atoms with E-state index in [-0.39, 0.29) is 11.8 Å². The van der Waals surface area contributed by atoms with Gasteiger partial charge in [-0.3, -0.25) is 4.79 Å². The third-order valence-corrected chi connectivity index (χ3v) is 4.27. The lowest BCUT2D eigenvalue weighted by Crippen LogP contribution is -2.43. The topological polar surface area (TPSA) is 58.6 Å². The third kappa shape index (κ3) is 4.44. The molecule has 1 atom stereocenters. The second kappa shape index (κ2) is 8.36. The molecule has 1 heterocycles. The number of rotatable bonds is 6. The lowest BCUT2D eigenvalue weighted by molar-refractivity contribution is -0.111. The van der Waals surface area contributed by atoms with E-state index in [1.807, 2.05) is 61.5 Å². The minimum atomic E-state index is -0.465. The maximum atomic E-state index is 12.8. The first-order chi connectivity index (χ1) is 13.1. The van der Waals surface area contributed by atoms with Gasteiger partial charge in [0.15, 0.2) is 5.78 Å². The fourth-order valence-electron chi connectivity index (χ4n) is 2.87. The Morgan fingerprint density at radius 1 is 1.15 bits per heavy atom. The van der Waals surface area contributed by atoms with E-state index in [2.05, 4.69) is 5.32 Å². The zero-order valence-corrected chi connectivity index (χ0v) is 15.4. The summed E-state index contributed by atoms with van der Waals surface area (Å²) < 4.78 is 5.42. The van der Waals surface area contributed by atoms with E-state index in [1.165, 1.54) is 11.0 Å². The first-order valence-corrected chi connectivity index (χ1v) is 8.83. The maximum absolute atomic E-state index is 12.8. The van der Waals surface area contributed by atoms with Crippen molar-refractivity contribution in [1.29, 1.82) is 0 Å². The molecule has 1 aliphatic rings. The van der Waals surface area contributed by atoms with Gasteiger partial charge < -0.3 is 15.0 Å². The lowest BCUT2D eigenvalue weighted by atomic mass is 9.94. The molecule has 3 rings (SSSR count). The Kier molecular flexibility index (Phi) is 5.71. The van der Waals surface area contributed by atoms with Crippen molar-refractivity contribution in [2.75, 3.05) is 13.7 Å². The Balaban J connectivity index is 1.82. The van der Waals surface area contributed by atoms with Crippen molar-refractivity contribution in [3.63, 3.8) is 0 Å². The summed E-state index contributed by atoms with van der Waals surface area (Å²) in [6.45, 7) is 2.55. The van der Waals surface area contributed by atoms with Gasteiger partial charge in [-0.25, -0.2) is 4.79 Å². The van der Waals surface area contributed by atoms with Crippen LogP contribution in [0.1, 0.15) is 24.1 Å². The standard InChI is InChI=1S/C22H22N2O3/c1-3-27-18-12-9-16(10-13-18)11-14-20(25)19-15-24(2)22(26)23-21(19)17-7-5-4-6-8-17/h4-15,21H,3H2,1-2H3,(H,23,26). The zero-order valence-electron chi connectivity index (χ0n) is 15.4. The summed E-state index contributed by atoms with van der Waals surface area (Å²) in [4.78, 5) is 26.2. The fourth-order valence-corrected chi connectivity index (χ4v) is 2.87. The van der Waals surface area contributed by atoms with Gasteiger partial charge in [0.05, 0.1) is 12.6 Å². The number of benzene rings is 2. The Labute approximate surface area is 158 Å². The molecule has 0 aliphatic carbocycles. The van der Waals surface area contributed by atoms with Crippen molar-refractivity contribution in [2.45, 2.75) is 13.0 Å². The number of ketones is 1. The summed E-state index contributed by atoms with van der Waals surface area (Å²) in [7, 11) is 1.62. The molecule has 0 radical (unpaired) electrons. The fraction of sp³-hybridized carbons (Fsp3) is 0.182. The molecular weight excluding hydrogens is 340 g/mol. The number of amides is 2. The van der Waals surface area contributed by atoms with Crippen LogP contribution in [0.25, 0.3) is 6.08 Å². The van der Waals surface area contributed by atoms with Crippen molar-refractivity contribution < 1.29 is 14.3 Å². The zero-order chi connectivity index (χ0) is 19.2. The average molecular weight is 362 g/mol. The predicted molar refractivity (Wildman–Crippen MR) is 105 cm³/mol. The molecule has 2 amide bonds. The SMILES string of the molecule is CCOc1ccc(C=CC(=O)C2=CN(C)C(=O)NC2c2ccccc2)cc1. The van der Waals surface area contributed by atoms with Crippen molar-refractivity contribution in [2.24, 2.45) is 0 Å². The lowest BCUT2D eigenvalue weighted by Gasteiger charge is -2.29. The first-order valence-electron chi connectivity index (χ1n) is 8.83. The van der Waals surface area contributed by atoms with Crippen molar-refractivity contribution in [3.8, 4) is 5.75 Å². The molecule has 0 fully saturated rings. The number of nitrogens with one attached hydrogen (secondary N) is 1. The summed E-state index contributed by atoms with van der Waals surface area (Å²) in [6.07, 6.45) is 4.89. The normalized spacial score (nSPS) is 16.8. The monoisotopic (exact) mass is 362 g/mol. The van der Waals surface area contributed by atoms with E-state index in [0.717, 1.165) is 16.9 Å². The maximum Gasteiger partial charge on any atom is 0.321 e. The summed E-state index contributed by atoms with van der Waals surface area (Å²) in [5, 5.41) is 2.88. The number of allylic oxidation sites excluding steroid dienone is 1. The Hall–Kier alpha value is -3.34. The van der Waals surface area contributed by atoms with Gasteiger partial charge in [0.1, 0.15) is 5.75 Å². The van der Waals surface area contributed by atoms with Crippen LogP contribution in [-0.4, -0.2) is 30.4 Å². The minimum absolute atomic E-state index is 0.149. The van der Waals surface area contributed by atoms with Crippen LogP contribution in [0.2, 0.25) is 0 Å². The second-order valence-electron chi connectivity index (χ2n) is 6.19. The predicted octanol–water partition coefficient (Wildman–Crippen LogP) is 3.95. The number of carbonyl (C=O) groups excluding carboxylic acids is 2. The second-order valence-corrected chi connectivity index (χ2v) is 6.19. The summed E-state index contributed by atoms with van der Waals surface area (Å²) in [6, 6.07) is 16.3. The van der Waals surface area contributed by atoms with Crippen molar-refractivity contribution in [1.82, 2.24) is 10.2 Å². The van der Waals surface area contributed by atoms with Gasteiger partial charge >= 0.3 is 6.03 Å². The third-order valence-electron chi connectivity index (χ3n) is 4.27. The summed E-state index contributed by atoms with van der Waals surface area (Å²) in [5.74, 6) is 0.647. The minimum Gasteiger partial charge on any atom is -0.494 e. The van der Waals surface area contributed by atoms with Gasteiger partial charge in [0, 0.05) is 18.8 Å². The molecule has 5 heteroatoms. The highest BCUT2D eigenvalue weighted by atomic mass is 16.5. The molecule has 1 unspecified atom stereocenters. The van der Waals surface area contributed by atoms with Crippen LogP contribution in [0, 0.1) is 0 Å². The van der Waals surface area contributed by atoms with E-state index in [4.69, 9.17) is 4.74 Å². The quantitative estimate of drug-likeness (QED) is 0.792. The Morgan fingerprint density at radius 3 is 2.52 bits per heavy atom. The van der Waals surface area contributed by atoms with E-state index >= 15 is 0 Å². The van der Waals surface area contributed by atoms with Crippen LogP contribution in [0.15, 0.2) is 72.4 Å². The van der Waals surface area contributed by atoms with Crippen LogP contribution in [-0.2, 0) is 4.79 Å². The molecular formula is C22H22N2O3. The van der Waals surface area contributed by atoms with Crippen molar-refractivity contribution in [3.05, 3.63) is 83.6 Å². The van der Waals surface area contributed by atoms with E-state index in [9.17, 15) is 9.59 Å². The molecule has 138 valence electrons. The largest absolute Gasteiger partial charge is 0.494 e. The van der Waals surface area contributed by atoms with Gasteiger partial charge in [0.2, 0.25) is 0 Å². The van der Waals surface area contributed by atoms with Crippen LogP contribution in [0.3, 0.4) is 0 Å². The molecule has 1 N–H and O–H groups in total. The molecule has 0 bridgehead atoms. The molecule has 5 nitrogen and oxygen atoms in total. The molecule has 0 saturated heterocycles. The number of hydrogen-bond acceptors (Lipinski definition) is 3. The summed E-state index contributed by atoms with van der Waals surface area (Å²) in [5.41, 5.74) is 2.29. The average Bonchev–Trinajstić information content (AvgIpc) is 2.70. The smallest absolute Gasteiger partial charge is 0.321 e. The van der Waals surface area contributed by atoms with Crippen LogP contribution in [0.4, 0.5) is 4.79 Å². The number of carbonyl (C=O) groups is 2. The van der Waals surface area contributed by atoms with Gasteiger partial charge in [-0.1, -0.05) is 48.5 Å². The highest BCUT2D eigenvalue weighted by molar-refractivity contribution is 6.08. The Morgan fingerprint density at radius 2 is 1.85 bits per heavy atom. The van der Waals surface area contributed by atoms with Gasteiger partial charge in [-0.15, -0.1) is 0 Å². The first kappa shape index (κ1) is 18.5. The number of urea groups is 1. The molecule has 0 saturated carbocycles. The van der Waals surface area contributed by atoms with E-state index in [1.54, 1.807) is 19.3 Å². The van der Waals surface area contributed by atoms with E-state index < -0.39 is 6.04 Å². The Bertz CT molecular complexity index is 870. The van der Waals surface area contributed by atoms with Gasteiger partial charge in [0.25, 0.3) is 0 Å². The number of hydrogen-bond donors (Lipinski definition) is 1. The molecule has 1 aliphatic heterocycles. The van der Waals surface area contributed by atoms with Gasteiger partial charge in [-0.05, 0) is 36.3 Å². The van der Waals surface area contributed by atoms with Crippen molar-refractivity contribution >= 4 is 17.9 Å². The van der Waals surface area contributed by atoms with Gasteiger partial charge in [-0.2, -0.15) is 0 Å². The molecule has 0 spiro atoms.